The van der Waals surface area contributed by atoms with Gasteiger partial charge in [-0.15, -0.1) is 0 Å². The number of rotatable bonds is 4. The molecular formula is C24H31N3O2S. The first-order valence-corrected chi connectivity index (χ1v) is 12.6. The number of benzene rings is 1. The molecule has 1 spiro atoms. The number of hydrogen-bond acceptors (Lipinski definition) is 6. The highest BCUT2D eigenvalue weighted by molar-refractivity contribution is 7.99. The highest BCUT2D eigenvalue weighted by Crippen LogP contribution is 2.50. The third-order valence-electron chi connectivity index (χ3n) is 7.85. The Hall–Kier alpha value is -1.18. The van der Waals surface area contributed by atoms with Crippen LogP contribution in [0.1, 0.15) is 18.5 Å². The summed E-state index contributed by atoms with van der Waals surface area (Å²) in [6.45, 7) is 5.08. The van der Waals surface area contributed by atoms with Gasteiger partial charge in [0.2, 0.25) is 0 Å². The van der Waals surface area contributed by atoms with Crippen molar-refractivity contribution in [3.05, 3.63) is 42.1 Å². The molecule has 0 aliphatic carbocycles. The molecule has 6 heteroatoms. The zero-order valence-corrected chi connectivity index (χ0v) is 18.3. The van der Waals surface area contributed by atoms with Crippen LogP contribution >= 0.6 is 11.8 Å². The highest BCUT2D eigenvalue weighted by Gasteiger charge is 2.62. The third-order valence-corrected chi connectivity index (χ3v) is 8.90. The number of aliphatic hydroxyl groups excluding tert-OH is 1. The minimum absolute atomic E-state index is 0.113. The number of aromatic nitrogens is 1. The summed E-state index contributed by atoms with van der Waals surface area (Å²) in [5, 5.41) is 11.4. The van der Waals surface area contributed by atoms with Gasteiger partial charge in [0.1, 0.15) is 0 Å². The van der Waals surface area contributed by atoms with Gasteiger partial charge in [-0.3, -0.25) is 14.8 Å². The molecule has 1 aromatic heterocycles. The number of para-hydroxylation sites is 1. The number of thioether (sulfide) groups is 1. The maximum atomic E-state index is 10.2. The van der Waals surface area contributed by atoms with E-state index in [1.54, 1.807) is 0 Å². The van der Waals surface area contributed by atoms with Crippen LogP contribution in [0.3, 0.4) is 0 Å². The predicted octanol–water partition coefficient (Wildman–Crippen LogP) is 2.62. The number of hydrogen-bond donors (Lipinski definition) is 1. The van der Waals surface area contributed by atoms with E-state index in [0.717, 1.165) is 43.9 Å². The molecule has 5 heterocycles. The molecular weight excluding hydrogens is 394 g/mol. The van der Waals surface area contributed by atoms with E-state index < -0.39 is 0 Å². The second-order valence-corrected chi connectivity index (χ2v) is 10.8. The van der Waals surface area contributed by atoms with E-state index >= 15 is 0 Å². The van der Waals surface area contributed by atoms with Crippen molar-refractivity contribution in [2.75, 3.05) is 44.3 Å². The standard InChI is InChI=1S/C24H31N3O2S/c28-14-20-21-12-27(19-7-9-30-10-8-19)16-24(21)15-26(13-23(20)29-24)11-18-6-5-17-3-1-2-4-22(17)25-18/h1-6,19-21,23,28H,7-16H2/t20-,21+,23+,24+/m0/s1. The van der Waals surface area contributed by atoms with Crippen molar-refractivity contribution in [1.29, 1.82) is 0 Å². The quantitative estimate of drug-likeness (QED) is 0.813. The van der Waals surface area contributed by atoms with Gasteiger partial charge in [-0.25, -0.2) is 0 Å². The summed E-state index contributed by atoms with van der Waals surface area (Å²) in [4.78, 5) is 10.1. The van der Waals surface area contributed by atoms with Gasteiger partial charge >= 0.3 is 0 Å². The Morgan fingerprint density at radius 1 is 1.10 bits per heavy atom. The van der Waals surface area contributed by atoms with E-state index in [-0.39, 0.29) is 24.2 Å². The van der Waals surface area contributed by atoms with E-state index in [4.69, 9.17) is 9.72 Å². The van der Waals surface area contributed by atoms with E-state index in [1.807, 2.05) is 0 Å². The van der Waals surface area contributed by atoms with Gasteiger partial charge < -0.3 is 9.84 Å². The van der Waals surface area contributed by atoms with E-state index in [1.165, 1.54) is 29.7 Å². The zero-order valence-electron chi connectivity index (χ0n) is 17.4. The minimum Gasteiger partial charge on any atom is -0.396 e. The average molecular weight is 426 g/mol. The summed E-state index contributed by atoms with van der Waals surface area (Å²) >= 11 is 2.09. The lowest BCUT2D eigenvalue weighted by molar-refractivity contribution is -0.121. The maximum Gasteiger partial charge on any atom is 0.0984 e. The first kappa shape index (κ1) is 19.5. The second kappa shape index (κ2) is 7.75. The van der Waals surface area contributed by atoms with Crippen molar-refractivity contribution in [1.82, 2.24) is 14.8 Å². The molecule has 2 bridgehead atoms. The summed E-state index contributed by atoms with van der Waals surface area (Å²) < 4.78 is 6.70. The Bertz CT molecular complexity index is 920. The van der Waals surface area contributed by atoms with Gasteiger partial charge in [0, 0.05) is 62.6 Å². The molecule has 2 aromatic rings. The SMILES string of the molecule is OC[C@H]1[C@H]2CN(C3CCSCC3)C[C@]23CN(Cc2ccc4ccccc4n2)C[C@H]1O3. The molecule has 0 unspecified atom stereocenters. The number of likely N-dealkylation sites (tertiary alicyclic amines) is 2. The monoisotopic (exact) mass is 425 g/mol. The van der Waals surface area contributed by atoms with Crippen LogP contribution in [-0.2, 0) is 11.3 Å². The van der Waals surface area contributed by atoms with Crippen molar-refractivity contribution in [2.24, 2.45) is 11.8 Å². The van der Waals surface area contributed by atoms with Gasteiger partial charge in [0.15, 0.2) is 0 Å². The molecule has 6 rings (SSSR count). The fraction of sp³-hybridized carbons (Fsp3) is 0.625. The largest absolute Gasteiger partial charge is 0.396 e. The number of fused-ring (bicyclic) bond motifs is 2. The lowest BCUT2D eigenvalue weighted by atomic mass is 9.83. The summed E-state index contributed by atoms with van der Waals surface area (Å²) in [5.41, 5.74) is 2.08. The molecule has 4 aliphatic heterocycles. The molecule has 0 saturated carbocycles. The Morgan fingerprint density at radius 2 is 1.97 bits per heavy atom. The predicted molar refractivity (Wildman–Crippen MR) is 121 cm³/mol. The van der Waals surface area contributed by atoms with Gasteiger partial charge in [-0.05, 0) is 36.5 Å². The minimum atomic E-state index is -0.113. The van der Waals surface area contributed by atoms with Crippen LogP contribution in [0.5, 0.6) is 0 Å². The van der Waals surface area contributed by atoms with Gasteiger partial charge in [-0.2, -0.15) is 11.8 Å². The number of ether oxygens (including phenoxy) is 1. The average Bonchev–Trinajstić information content (AvgIpc) is 3.22. The second-order valence-electron chi connectivity index (χ2n) is 9.61. The van der Waals surface area contributed by atoms with Crippen molar-refractivity contribution in [3.63, 3.8) is 0 Å². The van der Waals surface area contributed by atoms with Crippen LogP contribution < -0.4 is 0 Å². The maximum absolute atomic E-state index is 10.2. The van der Waals surface area contributed by atoms with Crippen molar-refractivity contribution in [3.8, 4) is 0 Å². The van der Waals surface area contributed by atoms with Crippen LogP contribution in [0.4, 0.5) is 0 Å². The number of morpholine rings is 1. The third kappa shape index (κ3) is 3.28. The van der Waals surface area contributed by atoms with Crippen LogP contribution in [-0.4, -0.2) is 81.9 Å². The van der Waals surface area contributed by atoms with Crippen LogP contribution in [0.2, 0.25) is 0 Å². The Kier molecular flexibility index (Phi) is 5.04. The zero-order chi connectivity index (χ0) is 20.1. The summed E-state index contributed by atoms with van der Waals surface area (Å²) in [7, 11) is 0. The molecule has 1 aromatic carbocycles. The lowest BCUT2D eigenvalue weighted by Crippen LogP contribution is -2.54. The lowest BCUT2D eigenvalue weighted by Gasteiger charge is -2.41. The smallest absolute Gasteiger partial charge is 0.0984 e. The molecule has 0 radical (unpaired) electrons. The summed E-state index contributed by atoms with van der Waals surface area (Å²) in [6.07, 6.45) is 2.75. The molecule has 4 atom stereocenters. The van der Waals surface area contributed by atoms with Crippen LogP contribution in [0.25, 0.3) is 10.9 Å². The molecule has 0 amide bonds. The molecule has 4 saturated heterocycles. The molecule has 30 heavy (non-hydrogen) atoms. The Balaban J connectivity index is 1.22. The Morgan fingerprint density at radius 3 is 2.83 bits per heavy atom. The van der Waals surface area contributed by atoms with Crippen LogP contribution in [0, 0.1) is 11.8 Å². The topological polar surface area (TPSA) is 48.8 Å². The first-order chi connectivity index (χ1) is 14.7. The van der Waals surface area contributed by atoms with E-state index in [9.17, 15) is 5.11 Å². The normalized spacial score (nSPS) is 35.2. The van der Waals surface area contributed by atoms with Crippen molar-refractivity contribution in [2.45, 2.75) is 37.1 Å². The van der Waals surface area contributed by atoms with Crippen LogP contribution in [0.15, 0.2) is 36.4 Å². The van der Waals surface area contributed by atoms with E-state index in [0.29, 0.717) is 12.0 Å². The first-order valence-electron chi connectivity index (χ1n) is 11.4. The number of aliphatic hydroxyl groups is 1. The Labute approximate surface area is 182 Å². The number of pyridine rings is 1. The molecule has 4 aliphatic rings. The van der Waals surface area contributed by atoms with Gasteiger partial charge in [-0.1, -0.05) is 24.3 Å². The molecule has 1 N–H and O–H groups in total. The number of nitrogens with zero attached hydrogens (tertiary/aromatic N) is 3. The van der Waals surface area contributed by atoms with Crippen molar-refractivity contribution >= 4 is 22.7 Å². The molecule has 5 nitrogen and oxygen atoms in total. The highest BCUT2D eigenvalue weighted by atomic mass is 32.2. The van der Waals surface area contributed by atoms with E-state index in [2.05, 4.69) is 58.0 Å². The fourth-order valence-electron chi connectivity index (χ4n) is 6.44. The van der Waals surface area contributed by atoms with Crippen molar-refractivity contribution < 1.29 is 9.84 Å². The summed E-state index contributed by atoms with van der Waals surface area (Å²) in [6, 6.07) is 13.4. The van der Waals surface area contributed by atoms with Gasteiger partial charge in [0.25, 0.3) is 0 Å². The molecule has 160 valence electrons. The van der Waals surface area contributed by atoms with Gasteiger partial charge in [0.05, 0.1) is 22.9 Å². The summed E-state index contributed by atoms with van der Waals surface area (Å²) in [5.74, 6) is 3.29. The molecule has 4 fully saturated rings. The fourth-order valence-corrected chi connectivity index (χ4v) is 7.52.